The van der Waals surface area contributed by atoms with E-state index in [9.17, 15) is 19.2 Å². The second-order valence-electron chi connectivity index (χ2n) is 12.2. The van der Waals surface area contributed by atoms with Gasteiger partial charge < -0.3 is 26.2 Å². The molecule has 2 fully saturated rings. The van der Waals surface area contributed by atoms with Gasteiger partial charge in [0.25, 0.3) is 0 Å². The fourth-order valence-electron chi connectivity index (χ4n) is 6.76. The largest absolute Gasteiger partial charge is 0.342 e. The van der Waals surface area contributed by atoms with Gasteiger partial charge in [-0.25, -0.2) is 0 Å². The molecular formula is C33H42ClN5O4. The van der Waals surface area contributed by atoms with E-state index in [0.29, 0.717) is 17.1 Å². The van der Waals surface area contributed by atoms with E-state index >= 15 is 0 Å². The third-order valence-electron chi connectivity index (χ3n) is 9.37. The molecule has 1 aliphatic carbocycles. The first-order valence-corrected chi connectivity index (χ1v) is 15.8. The molecule has 5 rings (SSSR count). The van der Waals surface area contributed by atoms with Crippen LogP contribution in [0, 0.1) is 6.92 Å². The number of rotatable bonds is 9. The Morgan fingerprint density at radius 3 is 2.42 bits per heavy atom. The molecule has 2 aliphatic heterocycles. The first-order chi connectivity index (χ1) is 20.7. The highest BCUT2D eigenvalue weighted by Gasteiger charge is 2.46. The summed E-state index contributed by atoms with van der Waals surface area (Å²) in [6, 6.07) is 11.2. The van der Waals surface area contributed by atoms with Crippen molar-refractivity contribution < 1.29 is 19.2 Å². The van der Waals surface area contributed by atoms with Gasteiger partial charge in [0, 0.05) is 48.6 Å². The van der Waals surface area contributed by atoms with E-state index in [1.165, 1.54) is 0 Å². The van der Waals surface area contributed by atoms with Gasteiger partial charge >= 0.3 is 0 Å². The van der Waals surface area contributed by atoms with E-state index in [0.717, 1.165) is 61.8 Å². The third kappa shape index (κ3) is 6.88. The van der Waals surface area contributed by atoms with Crippen LogP contribution in [0.5, 0.6) is 0 Å². The van der Waals surface area contributed by atoms with Crippen LogP contribution < -0.4 is 16.4 Å². The second kappa shape index (κ2) is 13.5. The molecule has 10 heteroatoms. The van der Waals surface area contributed by atoms with Crippen LogP contribution in [-0.4, -0.2) is 64.1 Å². The Hall–Kier alpha value is -3.43. The molecule has 43 heavy (non-hydrogen) atoms. The normalized spacial score (nSPS) is 19.7. The number of nitrogens with zero attached hydrogens (tertiary/aromatic N) is 2. The van der Waals surface area contributed by atoms with Crippen molar-refractivity contribution in [3.8, 4) is 0 Å². The maximum atomic E-state index is 13.8. The first-order valence-electron chi connectivity index (χ1n) is 15.4. The zero-order chi connectivity index (χ0) is 30.6. The molecule has 1 saturated carbocycles. The number of hydrogen-bond acceptors (Lipinski definition) is 5. The van der Waals surface area contributed by atoms with Crippen LogP contribution in [0.1, 0.15) is 74.5 Å². The molecule has 2 heterocycles. The Balaban J connectivity index is 1.28. The van der Waals surface area contributed by atoms with Crippen LogP contribution in [0.3, 0.4) is 0 Å². The molecule has 0 aromatic heterocycles. The molecule has 4 amide bonds. The van der Waals surface area contributed by atoms with E-state index in [1.54, 1.807) is 23.1 Å². The van der Waals surface area contributed by atoms with Gasteiger partial charge in [-0.1, -0.05) is 35.9 Å². The third-order valence-corrected chi connectivity index (χ3v) is 9.79. The highest BCUT2D eigenvalue weighted by Crippen LogP contribution is 2.44. The molecular weight excluding hydrogens is 566 g/mol. The highest BCUT2D eigenvalue weighted by molar-refractivity contribution is 6.31. The van der Waals surface area contributed by atoms with Crippen LogP contribution in [0.25, 0.3) is 0 Å². The predicted molar refractivity (Wildman–Crippen MR) is 166 cm³/mol. The molecule has 4 N–H and O–H groups in total. The minimum Gasteiger partial charge on any atom is -0.342 e. The number of anilines is 1. The number of halogens is 1. The Labute approximate surface area is 258 Å². The Morgan fingerprint density at radius 1 is 1.00 bits per heavy atom. The van der Waals surface area contributed by atoms with Gasteiger partial charge in [-0.05, 0) is 93.3 Å². The Bertz CT molecular complexity index is 1380. The van der Waals surface area contributed by atoms with E-state index < -0.39 is 23.9 Å². The van der Waals surface area contributed by atoms with E-state index in [2.05, 4.69) is 10.6 Å². The number of carbonyl (C=O) groups excluding carboxylic acids is 4. The molecule has 1 saturated heterocycles. The van der Waals surface area contributed by atoms with Gasteiger partial charge in [-0.3, -0.25) is 19.2 Å². The van der Waals surface area contributed by atoms with Crippen molar-refractivity contribution >= 4 is 40.9 Å². The SMILES string of the molecule is Cc1cc(NC(=O)[C@H](CCN)NC(=O)[C@@H]2Cc3ccccc3CN2C(=O)CCC(=O)N2CCCCC23CCC3)ccc1Cl. The topological polar surface area (TPSA) is 125 Å². The molecule has 9 nitrogen and oxygen atoms in total. The fraction of sp³-hybridized carbons (Fsp3) is 0.515. The van der Waals surface area contributed by atoms with Gasteiger partial charge in [0.1, 0.15) is 12.1 Å². The molecule has 1 spiro atoms. The molecule has 2 aromatic rings. The lowest BCUT2D eigenvalue weighted by Gasteiger charge is -2.53. The van der Waals surface area contributed by atoms with Crippen LogP contribution in [0.15, 0.2) is 42.5 Å². The number of nitrogens with two attached hydrogens (primary N) is 1. The quantitative estimate of drug-likeness (QED) is 0.396. The summed E-state index contributed by atoms with van der Waals surface area (Å²) in [6.45, 7) is 3.06. The summed E-state index contributed by atoms with van der Waals surface area (Å²) < 4.78 is 0. The lowest BCUT2D eigenvalue weighted by Crippen LogP contribution is -2.58. The minimum atomic E-state index is -0.887. The van der Waals surface area contributed by atoms with E-state index in [4.69, 9.17) is 17.3 Å². The summed E-state index contributed by atoms with van der Waals surface area (Å²) in [4.78, 5) is 57.5. The molecule has 2 aromatic carbocycles. The van der Waals surface area contributed by atoms with Crippen molar-refractivity contribution in [2.24, 2.45) is 5.73 Å². The van der Waals surface area contributed by atoms with Crippen molar-refractivity contribution in [2.75, 3.05) is 18.4 Å². The summed E-state index contributed by atoms with van der Waals surface area (Å²) in [5.74, 6) is -1.02. The van der Waals surface area contributed by atoms with Crippen molar-refractivity contribution in [2.45, 2.75) is 95.3 Å². The lowest BCUT2D eigenvalue weighted by atomic mass is 9.70. The van der Waals surface area contributed by atoms with Gasteiger partial charge in [0.05, 0.1) is 0 Å². The van der Waals surface area contributed by atoms with Crippen LogP contribution >= 0.6 is 11.6 Å². The first kappa shape index (κ1) is 31.0. The zero-order valence-electron chi connectivity index (χ0n) is 24.9. The summed E-state index contributed by atoms with van der Waals surface area (Å²) in [6.07, 6.45) is 7.17. The molecule has 0 unspecified atom stereocenters. The van der Waals surface area contributed by atoms with Crippen molar-refractivity contribution in [3.05, 3.63) is 64.2 Å². The summed E-state index contributed by atoms with van der Waals surface area (Å²) >= 11 is 6.12. The number of aryl methyl sites for hydroxylation is 1. The average Bonchev–Trinajstić information content (AvgIpc) is 2.99. The number of amides is 4. The number of carbonyl (C=O) groups is 4. The number of nitrogens with one attached hydrogen (secondary N) is 2. The van der Waals surface area contributed by atoms with Gasteiger partial charge in [0.15, 0.2) is 0 Å². The monoisotopic (exact) mass is 607 g/mol. The lowest BCUT2D eigenvalue weighted by molar-refractivity contribution is -0.148. The number of piperidine rings is 1. The number of benzene rings is 2. The number of fused-ring (bicyclic) bond motifs is 1. The molecule has 3 aliphatic rings. The summed E-state index contributed by atoms with van der Waals surface area (Å²) in [7, 11) is 0. The Kier molecular flexibility index (Phi) is 9.72. The van der Waals surface area contributed by atoms with E-state index in [1.807, 2.05) is 36.1 Å². The molecule has 0 radical (unpaired) electrons. The van der Waals surface area contributed by atoms with E-state index in [-0.39, 0.29) is 49.7 Å². The predicted octanol–water partition coefficient (Wildman–Crippen LogP) is 4.09. The standard InChI is InChI=1S/C33H42ClN5O4/c1-22-19-25(9-10-26(22)34)36-31(42)27(13-17-35)37-32(43)28-20-23-7-2-3-8-24(23)21-38(28)29(40)11-12-30(41)39-18-5-4-14-33(39)15-6-16-33/h2-3,7-10,19,27-28H,4-6,11-18,20-21,35H2,1H3,(H,36,42)(H,37,43)/t27-,28-/m0/s1. The minimum absolute atomic E-state index is 0.00580. The van der Waals surface area contributed by atoms with Crippen molar-refractivity contribution in [3.63, 3.8) is 0 Å². The van der Waals surface area contributed by atoms with Crippen LogP contribution in [-0.2, 0) is 32.1 Å². The maximum absolute atomic E-state index is 13.8. The van der Waals surface area contributed by atoms with Crippen LogP contribution in [0.2, 0.25) is 5.02 Å². The smallest absolute Gasteiger partial charge is 0.246 e. The van der Waals surface area contributed by atoms with Gasteiger partial charge in [-0.15, -0.1) is 0 Å². The van der Waals surface area contributed by atoms with Gasteiger partial charge in [0.2, 0.25) is 23.6 Å². The second-order valence-corrected chi connectivity index (χ2v) is 12.6. The zero-order valence-corrected chi connectivity index (χ0v) is 25.6. The highest BCUT2D eigenvalue weighted by atomic mass is 35.5. The maximum Gasteiger partial charge on any atom is 0.246 e. The molecule has 0 bridgehead atoms. The summed E-state index contributed by atoms with van der Waals surface area (Å²) in [5, 5.41) is 6.30. The molecule has 230 valence electrons. The average molecular weight is 608 g/mol. The number of likely N-dealkylation sites (tertiary alicyclic amines) is 1. The van der Waals surface area contributed by atoms with Crippen molar-refractivity contribution in [1.29, 1.82) is 0 Å². The van der Waals surface area contributed by atoms with Crippen LogP contribution in [0.4, 0.5) is 5.69 Å². The van der Waals surface area contributed by atoms with Crippen molar-refractivity contribution in [1.82, 2.24) is 15.1 Å². The fourth-order valence-corrected chi connectivity index (χ4v) is 6.87. The summed E-state index contributed by atoms with van der Waals surface area (Å²) in [5.41, 5.74) is 9.15. The van der Waals surface area contributed by atoms with Gasteiger partial charge in [-0.2, -0.15) is 0 Å². The number of hydrogen-bond donors (Lipinski definition) is 3. The molecule has 2 atom stereocenters. The Morgan fingerprint density at radius 2 is 1.72 bits per heavy atom.